The normalized spacial score (nSPS) is 14.7. The van der Waals surface area contributed by atoms with E-state index in [1.807, 2.05) is 0 Å². The summed E-state index contributed by atoms with van der Waals surface area (Å²) in [6.45, 7) is 4.25. The first-order chi connectivity index (χ1) is 8.25. The van der Waals surface area contributed by atoms with E-state index in [9.17, 15) is 0 Å². The first kappa shape index (κ1) is 10.6. The zero-order valence-electron chi connectivity index (χ0n) is 10.5. The molecule has 17 heavy (non-hydrogen) atoms. The third-order valence-electron chi connectivity index (χ3n) is 3.62. The smallest absolute Gasteiger partial charge is 0.0483 e. The van der Waals surface area contributed by atoms with E-state index >= 15 is 0 Å². The van der Waals surface area contributed by atoms with Crippen LogP contribution in [0.5, 0.6) is 0 Å². The van der Waals surface area contributed by atoms with Gasteiger partial charge >= 0.3 is 0 Å². The van der Waals surface area contributed by atoms with Crippen LogP contribution in [0, 0.1) is 6.92 Å². The summed E-state index contributed by atoms with van der Waals surface area (Å²) in [6.07, 6.45) is 1.14. The van der Waals surface area contributed by atoms with E-state index in [-0.39, 0.29) is 0 Å². The fourth-order valence-electron chi connectivity index (χ4n) is 2.70. The van der Waals surface area contributed by atoms with E-state index in [0.29, 0.717) is 0 Å². The van der Waals surface area contributed by atoms with Gasteiger partial charge in [-0.05, 0) is 30.2 Å². The van der Waals surface area contributed by atoms with Crippen LogP contribution >= 0.6 is 0 Å². The summed E-state index contributed by atoms with van der Waals surface area (Å²) in [7, 11) is 2.18. The number of hydrogen-bond acceptors (Lipinski definition) is 1. The number of aryl methyl sites for hydroxylation is 1. The zero-order valence-corrected chi connectivity index (χ0v) is 10.5. The lowest BCUT2D eigenvalue weighted by Gasteiger charge is -2.15. The molecule has 0 unspecified atom stereocenters. The highest BCUT2D eigenvalue weighted by atomic mass is 15.0. The van der Waals surface area contributed by atoms with Gasteiger partial charge < -0.3 is 9.88 Å². The van der Waals surface area contributed by atoms with Gasteiger partial charge in [-0.2, -0.15) is 0 Å². The van der Waals surface area contributed by atoms with Crippen LogP contribution in [-0.4, -0.2) is 11.1 Å². The van der Waals surface area contributed by atoms with E-state index in [0.717, 1.165) is 19.5 Å². The highest BCUT2D eigenvalue weighted by molar-refractivity contribution is 5.63. The van der Waals surface area contributed by atoms with Gasteiger partial charge in [0.1, 0.15) is 0 Å². The van der Waals surface area contributed by atoms with Crippen molar-refractivity contribution in [2.45, 2.75) is 19.9 Å². The average Bonchev–Trinajstić information content (AvgIpc) is 2.68. The largest absolute Gasteiger partial charge is 0.347 e. The van der Waals surface area contributed by atoms with Crippen LogP contribution in [0.25, 0.3) is 11.3 Å². The van der Waals surface area contributed by atoms with Gasteiger partial charge in [-0.15, -0.1) is 0 Å². The lowest BCUT2D eigenvalue weighted by molar-refractivity contribution is 0.619. The maximum atomic E-state index is 3.43. The number of benzene rings is 1. The Morgan fingerprint density at radius 1 is 1.24 bits per heavy atom. The van der Waals surface area contributed by atoms with Gasteiger partial charge in [0.2, 0.25) is 0 Å². The molecule has 0 fully saturated rings. The highest BCUT2D eigenvalue weighted by Gasteiger charge is 2.16. The van der Waals surface area contributed by atoms with E-state index < -0.39 is 0 Å². The maximum Gasteiger partial charge on any atom is 0.0483 e. The molecule has 0 saturated heterocycles. The van der Waals surface area contributed by atoms with Gasteiger partial charge in [0.05, 0.1) is 0 Å². The van der Waals surface area contributed by atoms with Crippen molar-refractivity contribution in [1.29, 1.82) is 0 Å². The van der Waals surface area contributed by atoms with Gasteiger partial charge in [-0.1, -0.05) is 23.8 Å². The summed E-state index contributed by atoms with van der Waals surface area (Å²) in [6, 6.07) is 11.1. The minimum absolute atomic E-state index is 1.01. The highest BCUT2D eigenvalue weighted by Crippen LogP contribution is 2.27. The Kier molecular flexibility index (Phi) is 2.52. The molecule has 1 N–H and O–H groups in total. The number of nitrogens with zero attached hydrogens (tertiary/aromatic N) is 1. The first-order valence-electron chi connectivity index (χ1n) is 6.21. The van der Waals surface area contributed by atoms with Crippen molar-refractivity contribution in [3.63, 3.8) is 0 Å². The average molecular weight is 226 g/mol. The van der Waals surface area contributed by atoms with Crippen molar-refractivity contribution < 1.29 is 0 Å². The molecular weight excluding hydrogens is 208 g/mol. The molecule has 0 atom stereocenters. The monoisotopic (exact) mass is 226 g/mol. The van der Waals surface area contributed by atoms with E-state index in [1.165, 1.54) is 28.1 Å². The Balaban J connectivity index is 2.12. The van der Waals surface area contributed by atoms with Crippen LogP contribution in [0.1, 0.15) is 16.8 Å². The summed E-state index contributed by atoms with van der Waals surface area (Å²) >= 11 is 0. The van der Waals surface area contributed by atoms with Crippen molar-refractivity contribution in [3.8, 4) is 11.3 Å². The summed E-state index contributed by atoms with van der Waals surface area (Å²) in [5.41, 5.74) is 6.92. The standard InChI is InChI=1S/C15H18N2/c1-11-4-3-5-12(8-11)15-9-13-10-16-7-6-14(13)17(15)2/h3-5,8-9,16H,6-7,10H2,1-2H3. The molecule has 2 nitrogen and oxygen atoms in total. The molecule has 0 radical (unpaired) electrons. The van der Waals surface area contributed by atoms with Crippen LogP contribution in [0.2, 0.25) is 0 Å². The zero-order chi connectivity index (χ0) is 11.8. The molecule has 1 aliphatic rings. The molecule has 0 bridgehead atoms. The maximum absolute atomic E-state index is 3.43. The van der Waals surface area contributed by atoms with E-state index in [4.69, 9.17) is 0 Å². The van der Waals surface area contributed by atoms with Crippen molar-refractivity contribution in [1.82, 2.24) is 9.88 Å². The van der Waals surface area contributed by atoms with Crippen molar-refractivity contribution in [2.24, 2.45) is 7.05 Å². The van der Waals surface area contributed by atoms with Crippen LogP contribution in [0.15, 0.2) is 30.3 Å². The second-order valence-electron chi connectivity index (χ2n) is 4.86. The third kappa shape index (κ3) is 1.79. The lowest BCUT2D eigenvalue weighted by atomic mass is 10.1. The lowest BCUT2D eigenvalue weighted by Crippen LogP contribution is -2.24. The molecule has 1 aliphatic heterocycles. The molecule has 0 saturated carbocycles. The van der Waals surface area contributed by atoms with E-state index in [2.05, 4.69) is 54.2 Å². The van der Waals surface area contributed by atoms with Crippen molar-refractivity contribution in [3.05, 3.63) is 47.2 Å². The van der Waals surface area contributed by atoms with Gasteiger partial charge in [-0.25, -0.2) is 0 Å². The molecule has 1 aromatic carbocycles. The summed E-state index contributed by atoms with van der Waals surface area (Å²) < 4.78 is 2.35. The Bertz CT molecular complexity index is 552. The summed E-state index contributed by atoms with van der Waals surface area (Å²) in [5, 5.41) is 3.43. The molecule has 1 aromatic heterocycles. The van der Waals surface area contributed by atoms with Crippen LogP contribution in [0.4, 0.5) is 0 Å². The molecule has 0 aliphatic carbocycles. The van der Waals surface area contributed by atoms with Crippen LogP contribution < -0.4 is 5.32 Å². The van der Waals surface area contributed by atoms with E-state index in [1.54, 1.807) is 0 Å². The Labute approximate surface area is 102 Å². The molecule has 2 heterocycles. The Morgan fingerprint density at radius 2 is 2.12 bits per heavy atom. The first-order valence-corrected chi connectivity index (χ1v) is 6.21. The summed E-state index contributed by atoms with van der Waals surface area (Å²) in [4.78, 5) is 0. The summed E-state index contributed by atoms with van der Waals surface area (Å²) in [5.74, 6) is 0. The molecule has 88 valence electrons. The van der Waals surface area contributed by atoms with Crippen LogP contribution in [0.3, 0.4) is 0 Å². The molecule has 2 heteroatoms. The second kappa shape index (κ2) is 4.04. The topological polar surface area (TPSA) is 17.0 Å². The fraction of sp³-hybridized carbons (Fsp3) is 0.333. The SMILES string of the molecule is Cc1cccc(-c2cc3c(n2C)CCNC3)c1. The number of hydrogen-bond donors (Lipinski definition) is 1. The number of aromatic nitrogens is 1. The number of nitrogens with one attached hydrogen (secondary N) is 1. The third-order valence-corrected chi connectivity index (χ3v) is 3.62. The fourth-order valence-corrected chi connectivity index (χ4v) is 2.70. The van der Waals surface area contributed by atoms with Gasteiger partial charge in [0, 0.05) is 37.9 Å². The Hall–Kier alpha value is -1.54. The minimum atomic E-state index is 1.01. The minimum Gasteiger partial charge on any atom is -0.347 e. The molecule has 2 aromatic rings. The van der Waals surface area contributed by atoms with Crippen molar-refractivity contribution in [2.75, 3.05) is 6.54 Å². The molecule has 0 amide bonds. The number of fused-ring (bicyclic) bond motifs is 1. The number of rotatable bonds is 1. The van der Waals surface area contributed by atoms with Crippen LogP contribution in [-0.2, 0) is 20.0 Å². The van der Waals surface area contributed by atoms with Gasteiger partial charge in [0.25, 0.3) is 0 Å². The van der Waals surface area contributed by atoms with Crippen molar-refractivity contribution >= 4 is 0 Å². The van der Waals surface area contributed by atoms with Gasteiger partial charge in [-0.3, -0.25) is 0 Å². The quantitative estimate of drug-likeness (QED) is 0.791. The Morgan fingerprint density at radius 3 is 2.88 bits per heavy atom. The predicted molar refractivity (Wildman–Crippen MR) is 71.0 cm³/mol. The predicted octanol–water partition coefficient (Wildman–Crippen LogP) is 2.65. The molecule has 3 rings (SSSR count). The second-order valence-corrected chi connectivity index (χ2v) is 4.86. The molecule has 0 spiro atoms. The van der Waals surface area contributed by atoms with Gasteiger partial charge in [0.15, 0.2) is 0 Å². The molecular formula is C15H18N2.